The third-order valence-electron chi connectivity index (χ3n) is 4.19. The van der Waals surface area contributed by atoms with Crippen LogP contribution in [0.2, 0.25) is 0 Å². The molecule has 2 heterocycles. The molecule has 1 aliphatic rings. The summed E-state index contributed by atoms with van der Waals surface area (Å²) < 4.78 is 15.3. The summed E-state index contributed by atoms with van der Waals surface area (Å²) in [6.45, 7) is 2.13. The quantitative estimate of drug-likeness (QED) is 0.803. The van der Waals surface area contributed by atoms with Gasteiger partial charge in [0.25, 0.3) is 0 Å². The number of nitrogens with zero attached hydrogens (tertiary/aromatic N) is 4. The van der Waals surface area contributed by atoms with Crippen LogP contribution in [0.1, 0.15) is 29.7 Å². The minimum absolute atomic E-state index is 0.257. The van der Waals surface area contributed by atoms with E-state index in [-0.39, 0.29) is 11.9 Å². The number of tetrazole rings is 1. The summed E-state index contributed by atoms with van der Waals surface area (Å²) in [5.41, 5.74) is 4.03. The number of nitrogens with one attached hydrogen (secondary N) is 1. The third-order valence-corrected chi connectivity index (χ3v) is 4.19. The van der Waals surface area contributed by atoms with Gasteiger partial charge in [0, 0.05) is 5.70 Å². The van der Waals surface area contributed by atoms with Gasteiger partial charge < -0.3 is 5.32 Å². The van der Waals surface area contributed by atoms with Crippen LogP contribution >= 0.6 is 0 Å². The van der Waals surface area contributed by atoms with E-state index < -0.39 is 0 Å². The molecule has 1 atom stereocenters. The lowest BCUT2D eigenvalue weighted by Gasteiger charge is -2.23. The van der Waals surface area contributed by atoms with Gasteiger partial charge in [0.15, 0.2) is 0 Å². The number of fused-ring (bicyclic) bond motifs is 1. The molecule has 24 heavy (non-hydrogen) atoms. The zero-order valence-electron chi connectivity index (χ0n) is 13.1. The first-order valence-corrected chi connectivity index (χ1v) is 7.86. The van der Waals surface area contributed by atoms with Crippen LogP contribution in [0.4, 0.5) is 10.3 Å². The van der Waals surface area contributed by atoms with E-state index >= 15 is 0 Å². The molecule has 6 heteroatoms. The van der Waals surface area contributed by atoms with E-state index in [0.29, 0.717) is 5.95 Å². The summed E-state index contributed by atoms with van der Waals surface area (Å²) in [4.78, 5) is 0. The largest absolute Gasteiger partial charge is 0.323 e. The molecule has 1 aliphatic heterocycles. The van der Waals surface area contributed by atoms with Crippen LogP contribution in [0.15, 0.2) is 54.6 Å². The number of hydrogen-bond donors (Lipinski definition) is 1. The van der Waals surface area contributed by atoms with Gasteiger partial charge in [-0.15, -0.1) is 0 Å². The van der Waals surface area contributed by atoms with Gasteiger partial charge in [-0.2, -0.15) is 4.68 Å². The second kappa shape index (κ2) is 5.88. The number of aromatic nitrogens is 4. The van der Waals surface area contributed by atoms with Crippen LogP contribution in [0.5, 0.6) is 0 Å². The van der Waals surface area contributed by atoms with E-state index in [2.05, 4.69) is 52.0 Å². The first-order valence-electron chi connectivity index (χ1n) is 7.86. The lowest BCUT2D eigenvalue weighted by atomic mass is 10.0. The Kier molecular flexibility index (Phi) is 3.57. The van der Waals surface area contributed by atoms with Gasteiger partial charge in [-0.3, -0.25) is 0 Å². The van der Waals surface area contributed by atoms with E-state index in [9.17, 15) is 4.39 Å². The summed E-state index contributed by atoms with van der Waals surface area (Å²) in [5, 5.41) is 15.0. The minimum atomic E-state index is -0.275. The van der Waals surface area contributed by atoms with Crippen molar-refractivity contribution < 1.29 is 4.39 Å². The van der Waals surface area contributed by atoms with Crippen molar-refractivity contribution in [3.05, 3.63) is 77.1 Å². The van der Waals surface area contributed by atoms with Crippen LogP contribution in [0.3, 0.4) is 0 Å². The molecule has 1 N–H and O–H groups in total. The molecule has 1 aromatic heterocycles. The van der Waals surface area contributed by atoms with Gasteiger partial charge in [-0.05, 0) is 51.7 Å². The van der Waals surface area contributed by atoms with Crippen molar-refractivity contribution in [1.82, 2.24) is 20.2 Å². The number of halogens is 1. The van der Waals surface area contributed by atoms with E-state index in [1.807, 2.05) is 12.1 Å². The first-order chi connectivity index (χ1) is 11.7. The number of rotatable bonds is 3. The molecule has 0 saturated heterocycles. The minimum Gasteiger partial charge on any atom is -0.323 e. The molecule has 120 valence electrons. The predicted molar refractivity (Wildman–Crippen MR) is 89.8 cm³/mol. The Morgan fingerprint density at radius 1 is 1.17 bits per heavy atom. The fourth-order valence-corrected chi connectivity index (χ4v) is 2.87. The van der Waals surface area contributed by atoms with Gasteiger partial charge in [0.2, 0.25) is 5.95 Å². The van der Waals surface area contributed by atoms with E-state index in [1.165, 1.54) is 17.7 Å². The Bertz CT molecular complexity index is 898. The van der Waals surface area contributed by atoms with Crippen LogP contribution in [0, 0.1) is 5.82 Å². The number of anilines is 1. The Morgan fingerprint density at radius 3 is 2.75 bits per heavy atom. The molecule has 0 radical (unpaired) electrons. The monoisotopic (exact) mass is 321 g/mol. The molecule has 0 bridgehead atoms. The Hall–Kier alpha value is -3.02. The molecular formula is C18H16FN5. The second-order valence-electron chi connectivity index (χ2n) is 5.70. The van der Waals surface area contributed by atoms with Crippen LogP contribution in [-0.2, 0) is 6.42 Å². The molecule has 0 unspecified atom stereocenters. The fourth-order valence-electron chi connectivity index (χ4n) is 2.87. The van der Waals surface area contributed by atoms with Gasteiger partial charge >= 0.3 is 0 Å². The molecule has 0 aliphatic carbocycles. The Morgan fingerprint density at radius 2 is 2.00 bits per heavy atom. The molecule has 3 aromatic rings. The van der Waals surface area contributed by atoms with Crippen molar-refractivity contribution in [2.75, 3.05) is 5.32 Å². The topological polar surface area (TPSA) is 55.6 Å². The molecule has 2 aromatic carbocycles. The smallest absolute Gasteiger partial charge is 0.248 e. The Balaban J connectivity index is 1.78. The lowest BCUT2D eigenvalue weighted by Crippen LogP contribution is -2.20. The number of aryl methyl sites for hydroxylation is 1. The summed E-state index contributed by atoms with van der Waals surface area (Å²) in [6.07, 6.45) is 3.01. The second-order valence-corrected chi connectivity index (χ2v) is 5.70. The summed E-state index contributed by atoms with van der Waals surface area (Å²) in [7, 11) is 0. The number of hydrogen-bond acceptors (Lipinski definition) is 4. The maximum Gasteiger partial charge on any atom is 0.248 e. The molecular weight excluding hydrogens is 305 g/mol. The highest BCUT2D eigenvalue weighted by Gasteiger charge is 2.24. The van der Waals surface area contributed by atoms with Gasteiger partial charge in [0.1, 0.15) is 11.9 Å². The number of benzene rings is 2. The fraction of sp³-hybridized carbons (Fsp3) is 0.167. The van der Waals surface area contributed by atoms with E-state index in [0.717, 1.165) is 23.2 Å². The Labute approximate surface area is 138 Å². The molecule has 0 fully saturated rings. The molecule has 0 saturated carbocycles. The molecule has 5 nitrogen and oxygen atoms in total. The van der Waals surface area contributed by atoms with Crippen molar-refractivity contribution in [2.45, 2.75) is 19.4 Å². The zero-order chi connectivity index (χ0) is 16.5. The average molecular weight is 321 g/mol. The van der Waals surface area contributed by atoms with Gasteiger partial charge in [-0.25, -0.2) is 4.39 Å². The first kappa shape index (κ1) is 14.6. The van der Waals surface area contributed by atoms with Crippen molar-refractivity contribution in [2.24, 2.45) is 0 Å². The highest BCUT2D eigenvalue weighted by atomic mass is 19.1. The zero-order valence-corrected chi connectivity index (χ0v) is 13.1. The molecule has 0 amide bonds. The van der Waals surface area contributed by atoms with Crippen LogP contribution < -0.4 is 5.32 Å². The highest BCUT2D eigenvalue weighted by molar-refractivity contribution is 5.77. The van der Waals surface area contributed by atoms with Gasteiger partial charge in [-0.1, -0.05) is 48.4 Å². The van der Waals surface area contributed by atoms with E-state index in [1.54, 1.807) is 10.7 Å². The standard InChI is InChI=1S/C18H16FN5/c1-2-12-6-8-13(9-7-12)16-11-17(14-4-3-5-15(19)10-14)24-18(20-16)21-22-23-24/h3-11,17H,2H2,1H3,(H,20,21,23)/t17-/m0/s1. The molecule has 0 spiro atoms. The normalized spacial score (nSPS) is 16.2. The highest BCUT2D eigenvalue weighted by Crippen LogP contribution is 2.31. The maximum atomic E-state index is 13.6. The van der Waals surface area contributed by atoms with Crippen molar-refractivity contribution in [3.63, 3.8) is 0 Å². The summed E-state index contributed by atoms with van der Waals surface area (Å²) in [6, 6.07) is 14.6. The summed E-state index contributed by atoms with van der Waals surface area (Å²) in [5.74, 6) is 0.268. The SMILES string of the molecule is CCc1ccc(C2=C[C@@H](c3cccc(F)c3)n3nnnc3N2)cc1. The average Bonchev–Trinajstić information content (AvgIpc) is 3.09. The van der Waals surface area contributed by atoms with Crippen molar-refractivity contribution >= 4 is 11.6 Å². The third kappa shape index (κ3) is 2.56. The molecule has 4 rings (SSSR count). The lowest BCUT2D eigenvalue weighted by molar-refractivity contribution is 0.576. The van der Waals surface area contributed by atoms with Gasteiger partial charge in [0.05, 0.1) is 0 Å². The van der Waals surface area contributed by atoms with Crippen molar-refractivity contribution in [3.8, 4) is 0 Å². The number of allylic oxidation sites excluding steroid dienone is 1. The maximum absolute atomic E-state index is 13.6. The predicted octanol–water partition coefficient (Wildman–Crippen LogP) is 3.43. The van der Waals surface area contributed by atoms with Crippen molar-refractivity contribution in [1.29, 1.82) is 0 Å². The summed E-state index contributed by atoms with van der Waals surface area (Å²) >= 11 is 0. The van der Waals surface area contributed by atoms with Crippen LogP contribution in [0.25, 0.3) is 5.70 Å². The van der Waals surface area contributed by atoms with E-state index in [4.69, 9.17) is 0 Å². The van der Waals surface area contributed by atoms with Crippen LogP contribution in [-0.4, -0.2) is 20.2 Å².